The number of carbonyl (C=O) groups excluding carboxylic acids is 1. The fourth-order valence-electron chi connectivity index (χ4n) is 4.66. The van der Waals surface area contributed by atoms with Gasteiger partial charge in [0.05, 0.1) is 33.3 Å². The summed E-state index contributed by atoms with van der Waals surface area (Å²) < 4.78 is 25.7. The van der Waals surface area contributed by atoms with E-state index in [-0.39, 0.29) is 34.2 Å². The van der Waals surface area contributed by atoms with Crippen LogP contribution in [0.1, 0.15) is 53.5 Å². The minimum atomic E-state index is -3.50. The van der Waals surface area contributed by atoms with Crippen molar-refractivity contribution in [1.82, 2.24) is 0 Å². The maximum atomic E-state index is 13.0. The summed E-state index contributed by atoms with van der Waals surface area (Å²) in [6.45, 7) is 5.41. The average Bonchev–Trinajstić information content (AvgIpc) is 2.78. The van der Waals surface area contributed by atoms with Gasteiger partial charge in [0.25, 0.3) is 0 Å². The molecule has 0 aromatic heterocycles. The van der Waals surface area contributed by atoms with Crippen molar-refractivity contribution in [2.75, 3.05) is 12.9 Å². The van der Waals surface area contributed by atoms with Crippen LogP contribution in [0.5, 0.6) is 0 Å². The number of rotatable bonds is 3. The van der Waals surface area contributed by atoms with Gasteiger partial charge in [0.1, 0.15) is 12.9 Å². The van der Waals surface area contributed by atoms with E-state index in [2.05, 4.69) is 10.1 Å². The van der Waals surface area contributed by atoms with Crippen LogP contribution in [-0.2, 0) is 19.5 Å². The molecule has 0 spiro atoms. The van der Waals surface area contributed by atoms with Gasteiger partial charge < -0.3 is 9.94 Å². The summed E-state index contributed by atoms with van der Waals surface area (Å²) in [5.74, 6) is -0.415. The third kappa shape index (κ3) is 4.30. The Kier molecular flexibility index (Phi) is 6.45. The van der Waals surface area contributed by atoms with Crippen molar-refractivity contribution in [2.45, 2.75) is 51.3 Å². The van der Waals surface area contributed by atoms with Crippen LogP contribution in [0.25, 0.3) is 5.76 Å². The summed E-state index contributed by atoms with van der Waals surface area (Å²) in [7, 11) is -2.09. The predicted octanol–water partition coefficient (Wildman–Crippen LogP) is 4.93. The Hall–Kier alpha value is -3.26. The van der Waals surface area contributed by atoms with Gasteiger partial charge in [-0.15, -0.1) is 0 Å². The standard InChI is InChI=1S/C26H28N2O5S/c1-15-8-10-18(11-9-15)27-20-6-5-7-22(29)24(20)25(30)19-14-16(2)26-23(17(19)3)21(28-33-4)12-13-34(26,31)32/h8-11,14,30H,5-7,12-13H2,1-4H3/b25-24+,27-20?,28-21+. The molecule has 1 heterocycles. The molecule has 34 heavy (non-hydrogen) atoms. The molecule has 1 aliphatic heterocycles. The SMILES string of the molecule is CO/N=C1\CCS(=O)(=O)c2c(C)cc(/C(O)=C3\C(=O)CCCC3=Nc3ccc(C)cc3)c(C)c21. The number of fused-ring (bicyclic) bond motifs is 1. The van der Waals surface area contributed by atoms with E-state index in [0.717, 1.165) is 5.56 Å². The second kappa shape index (κ2) is 9.18. The predicted molar refractivity (Wildman–Crippen MR) is 133 cm³/mol. The highest BCUT2D eigenvalue weighted by atomic mass is 32.2. The van der Waals surface area contributed by atoms with Crippen molar-refractivity contribution in [1.29, 1.82) is 0 Å². The van der Waals surface area contributed by atoms with Gasteiger partial charge in [-0.25, -0.2) is 8.42 Å². The largest absolute Gasteiger partial charge is 0.506 e. The number of allylic oxidation sites excluding steroid dienone is 1. The Labute approximate surface area is 199 Å². The van der Waals surface area contributed by atoms with Crippen LogP contribution in [0.2, 0.25) is 0 Å². The van der Waals surface area contributed by atoms with Crippen molar-refractivity contribution in [3.05, 3.63) is 63.7 Å². The molecule has 0 unspecified atom stereocenters. The minimum Gasteiger partial charge on any atom is -0.506 e. The van der Waals surface area contributed by atoms with Crippen LogP contribution >= 0.6 is 0 Å². The quantitative estimate of drug-likeness (QED) is 0.381. The van der Waals surface area contributed by atoms with Crippen molar-refractivity contribution < 1.29 is 23.2 Å². The van der Waals surface area contributed by atoms with E-state index < -0.39 is 9.84 Å². The Morgan fingerprint density at radius 3 is 2.41 bits per heavy atom. The zero-order valence-corrected chi connectivity index (χ0v) is 20.6. The molecule has 178 valence electrons. The molecule has 1 fully saturated rings. The maximum Gasteiger partial charge on any atom is 0.179 e. The zero-order chi connectivity index (χ0) is 24.6. The summed E-state index contributed by atoms with van der Waals surface area (Å²) in [5, 5.41) is 15.5. The lowest BCUT2D eigenvalue weighted by atomic mass is 9.86. The summed E-state index contributed by atoms with van der Waals surface area (Å²) in [5.41, 5.74) is 4.92. The molecule has 8 heteroatoms. The summed E-state index contributed by atoms with van der Waals surface area (Å²) >= 11 is 0. The van der Waals surface area contributed by atoms with E-state index in [1.807, 2.05) is 31.2 Å². The lowest BCUT2D eigenvalue weighted by Crippen LogP contribution is -2.26. The molecule has 1 aliphatic carbocycles. The van der Waals surface area contributed by atoms with Crippen LogP contribution in [-0.4, -0.2) is 43.6 Å². The van der Waals surface area contributed by atoms with Gasteiger partial charge in [0.2, 0.25) is 0 Å². The van der Waals surface area contributed by atoms with Gasteiger partial charge >= 0.3 is 0 Å². The molecule has 2 aliphatic rings. The summed E-state index contributed by atoms with van der Waals surface area (Å²) in [6.07, 6.45) is 1.75. The number of oxime groups is 1. The van der Waals surface area contributed by atoms with Crippen LogP contribution in [0, 0.1) is 20.8 Å². The Morgan fingerprint density at radius 2 is 1.74 bits per heavy atom. The first-order valence-electron chi connectivity index (χ1n) is 11.2. The molecule has 0 amide bonds. The summed E-state index contributed by atoms with van der Waals surface area (Å²) in [6, 6.07) is 9.28. The van der Waals surface area contributed by atoms with E-state index in [9.17, 15) is 18.3 Å². The topological polar surface area (TPSA) is 105 Å². The number of aryl methyl sites for hydroxylation is 2. The molecular formula is C26H28N2O5S. The first-order valence-corrected chi connectivity index (χ1v) is 12.9. The molecule has 2 aromatic rings. The molecular weight excluding hydrogens is 452 g/mol. The molecule has 2 aromatic carbocycles. The number of ketones is 1. The minimum absolute atomic E-state index is 0.0548. The smallest absolute Gasteiger partial charge is 0.179 e. The van der Waals surface area contributed by atoms with Crippen molar-refractivity contribution in [2.24, 2.45) is 10.1 Å². The van der Waals surface area contributed by atoms with Crippen LogP contribution in [0.3, 0.4) is 0 Å². The number of carbonyl (C=O) groups is 1. The maximum absolute atomic E-state index is 13.0. The molecule has 1 N–H and O–H groups in total. The van der Waals surface area contributed by atoms with Crippen molar-refractivity contribution >= 4 is 38.5 Å². The van der Waals surface area contributed by atoms with E-state index in [0.29, 0.717) is 58.6 Å². The average molecular weight is 481 g/mol. The number of aliphatic hydroxyl groups excluding tert-OH is 1. The first-order chi connectivity index (χ1) is 16.1. The van der Waals surface area contributed by atoms with Gasteiger partial charge in [-0.3, -0.25) is 9.79 Å². The van der Waals surface area contributed by atoms with E-state index in [4.69, 9.17) is 4.84 Å². The highest BCUT2D eigenvalue weighted by Gasteiger charge is 2.34. The third-order valence-electron chi connectivity index (χ3n) is 6.31. The number of hydrogen-bond acceptors (Lipinski definition) is 7. The number of Topliss-reactive ketones (excluding diaryl/α,β-unsaturated/α-hetero) is 1. The second-order valence-corrected chi connectivity index (χ2v) is 10.8. The van der Waals surface area contributed by atoms with Crippen LogP contribution in [0.15, 0.2) is 50.9 Å². The van der Waals surface area contributed by atoms with Gasteiger partial charge in [0, 0.05) is 24.0 Å². The number of hydrogen-bond donors (Lipinski definition) is 1. The molecule has 1 saturated carbocycles. The zero-order valence-electron chi connectivity index (χ0n) is 19.8. The number of sulfone groups is 1. The van der Waals surface area contributed by atoms with Crippen molar-refractivity contribution in [3.63, 3.8) is 0 Å². The first kappa shape index (κ1) is 23.9. The summed E-state index contributed by atoms with van der Waals surface area (Å²) in [4.78, 5) is 22.8. The second-order valence-electron chi connectivity index (χ2n) is 8.75. The Morgan fingerprint density at radius 1 is 1.03 bits per heavy atom. The van der Waals surface area contributed by atoms with E-state index in [1.165, 1.54) is 7.11 Å². The highest BCUT2D eigenvalue weighted by molar-refractivity contribution is 7.91. The van der Waals surface area contributed by atoms with E-state index >= 15 is 0 Å². The highest BCUT2D eigenvalue weighted by Crippen LogP contribution is 2.37. The van der Waals surface area contributed by atoms with Crippen molar-refractivity contribution in [3.8, 4) is 0 Å². The van der Waals surface area contributed by atoms with Gasteiger partial charge in [-0.2, -0.15) is 0 Å². The monoisotopic (exact) mass is 480 g/mol. The van der Waals surface area contributed by atoms with Gasteiger partial charge in [-0.1, -0.05) is 22.9 Å². The fourth-order valence-corrected chi connectivity index (χ4v) is 6.46. The molecule has 0 radical (unpaired) electrons. The number of aliphatic hydroxyl groups is 1. The van der Waals surface area contributed by atoms with Crippen LogP contribution < -0.4 is 0 Å². The third-order valence-corrected chi connectivity index (χ3v) is 8.20. The lowest BCUT2D eigenvalue weighted by Gasteiger charge is -2.25. The lowest BCUT2D eigenvalue weighted by molar-refractivity contribution is -0.115. The number of aliphatic imine (C=N–C) groups is 1. The van der Waals surface area contributed by atoms with Gasteiger partial charge in [-0.05, 0) is 62.9 Å². The van der Waals surface area contributed by atoms with Gasteiger partial charge in [0.15, 0.2) is 15.6 Å². The molecule has 0 bridgehead atoms. The normalized spacial score (nSPS) is 21.5. The van der Waals surface area contributed by atoms with E-state index in [1.54, 1.807) is 19.9 Å². The number of benzene rings is 2. The molecule has 0 atom stereocenters. The Balaban J connectivity index is 1.95. The molecule has 4 rings (SSSR count). The number of nitrogens with zero attached hydrogens (tertiary/aromatic N) is 2. The molecule has 7 nitrogen and oxygen atoms in total. The molecule has 0 saturated heterocycles. The fraction of sp³-hybridized carbons (Fsp3) is 0.346. The van der Waals surface area contributed by atoms with Crippen LogP contribution in [0.4, 0.5) is 5.69 Å². The Bertz CT molecular complexity index is 1370.